The molecule has 2 aliphatic carbocycles. The second kappa shape index (κ2) is 7.22. The van der Waals surface area contributed by atoms with Crippen LogP contribution in [0.15, 0.2) is 23.0 Å². The van der Waals surface area contributed by atoms with Crippen LogP contribution in [0.3, 0.4) is 0 Å². The first-order valence-corrected chi connectivity index (χ1v) is 11.1. The quantitative estimate of drug-likeness (QED) is 0.608. The van der Waals surface area contributed by atoms with E-state index in [1.165, 1.54) is 0 Å². The van der Waals surface area contributed by atoms with Crippen molar-refractivity contribution >= 4 is 34.5 Å². The smallest absolute Gasteiger partial charge is 0.329 e. The van der Waals surface area contributed by atoms with E-state index in [9.17, 15) is 4.79 Å². The molecule has 6 rings (SSSR count). The number of nitrogens with one attached hydrogen (secondary N) is 2. The van der Waals surface area contributed by atoms with Gasteiger partial charge >= 0.3 is 12.0 Å². The van der Waals surface area contributed by atoms with Crippen LogP contribution in [0, 0.1) is 18.4 Å². The van der Waals surface area contributed by atoms with Crippen molar-refractivity contribution in [3.05, 3.63) is 35.7 Å². The van der Waals surface area contributed by atoms with Gasteiger partial charge in [-0.05, 0) is 43.6 Å². The van der Waals surface area contributed by atoms with Crippen molar-refractivity contribution in [2.75, 3.05) is 30.4 Å². The van der Waals surface area contributed by atoms with Crippen LogP contribution in [-0.2, 0) is 0 Å². The summed E-state index contributed by atoms with van der Waals surface area (Å²) in [5.41, 5.74) is 2.31. The van der Waals surface area contributed by atoms with E-state index >= 15 is 0 Å². The highest BCUT2D eigenvalue weighted by molar-refractivity contribution is 5.97. The average molecular weight is 432 g/mol. The van der Waals surface area contributed by atoms with Gasteiger partial charge in [0.15, 0.2) is 5.82 Å². The van der Waals surface area contributed by atoms with E-state index in [2.05, 4.69) is 42.2 Å². The molecule has 1 unspecified atom stereocenters. The first-order chi connectivity index (χ1) is 15.6. The number of anilines is 2. The number of hydrogen-bond donors (Lipinski definition) is 2. The van der Waals surface area contributed by atoms with Gasteiger partial charge in [-0.25, -0.2) is 9.64 Å². The van der Waals surface area contributed by atoms with E-state index in [0.29, 0.717) is 35.3 Å². The predicted octanol–water partition coefficient (Wildman–Crippen LogP) is 3.75. The zero-order valence-corrected chi connectivity index (χ0v) is 17.8. The Kier molecular flexibility index (Phi) is 4.31. The van der Waals surface area contributed by atoms with E-state index in [1.807, 2.05) is 17.2 Å². The lowest BCUT2D eigenvalue weighted by molar-refractivity contribution is 0.217. The number of carbonyl (C=O) groups excluding carboxylic acids is 1. The Morgan fingerprint density at radius 2 is 2.12 bits per heavy atom. The molecule has 3 fully saturated rings. The monoisotopic (exact) mass is 432 g/mol. The Morgan fingerprint density at radius 3 is 2.84 bits per heavy atom. The number of carbonyl (C=O) groups is 1. The third kappa shape index (κ3) is 3.16. The van der Waals surface area contributed by atoms with Gasteiger partial charge in [0.2, 0.25) is 5.69 Å². The fourth-order valence-corrected chi connectivity index (χ4v) is 5.33. The number of urea groups is 1. The first kappa shape index (κ1) is 19.1. The fourth-order valence-electron chi connectivity index (χ4n) is 5.33. The van der Waals surface area contributed by atoms with Gasteiger partial charge in [0.05, 0.1) is 12.3 Å². The maximum absolute atomic E-state index is 12.7. The van der Waals surface area contributed by atoms with E-state index in [0.717, 1.165) is 55.5 Å². The van der Waals surface area contributed by atoms with Crippen LogP contribution in [0.5, 0.6) is 0 Å². The van der Waals surface area contributed by atoms with Gasteiger partial charge in [0, 0.05) is 49.9 Å². The summed E-state index contributed by atoms with van der Waals surface area (Å²) < 4.78 is 5.18. The van der Waals surface area contributed by atoms with Gasteiger partial charge in [-0.3, -0.25) is 10.3 Å². The lowest BCUT2D eigenvalue weighted by Crippen LogP contribution is -2.36. The predicted molar refractivity (Wildman–Crippen MR) is 118 cm³/mol. The van der Waals surface area contributed by atoms with Gasteiger partial charge in [-0.15, -0.1) is 0 Å². The van der Waals surface area contributed by atoms with Gasteiger partial charge in [-0.1, -0.05) is 5.16 Å². The number of amides is 2. The summed E-state index contributed by atoms with van der Waals surface area (Å²) in [4.78, 5) is 32.3. The Balaban J connectivity index is 1.12. The van der Waals surface area contributed by atoms with Gasteiger partial charge < -0.3 is 19.3 Å². The molecule has 1 saturated heterocycles. The summed E-state index contributed by atoms with van der Waals surface area (Å²) >= 11 is 0. The second-order valence-electron chi connectivity index (χ2n) is 9.17. The van der Waals surface area contributed by atoms with Crippen molar-refractivity contribution in [1.82, 2.24) is 25.0 Å². The van der Waals surface area contributed by atoms with Crippen molar-refractivity contribution in [3.8, 4) is 0 Å². The van der Waals surface area contributed by atoms with Gasteiger partial charge in [0.25, 0.3) is 0 Å². The number of aromatic amines is 1. The molecule has 0 spiro atoms. The first-order valence-electron chi connectivity index (χ1n) is 11.1. The molecule has 0 bridgehead atoms. The minimum Gasteiger partial charge on any atom is -0.380 e. The molecule has 3 aromatic heterocycles. The minimum atomic E-state index is -0.172. The summed E-state index contributed by atoms with van der Waals surface area (Å²) in [6.45, 7) is 9.01. The van der Waals surface area contributed by atoms with Crippen molar-refractivity contribution in [3.63, 3.8) is 0 Å². The maximum Gasteiger partial charge on any atom is 0.329 e. The van der Waals surface area contributed by atoms with E-state index in [-0.39, 0.29) is 12.0 Å². The molecule has 2 N–H and O–H groups in total. The molecular weight excluding hydrogens is 408 g/mol. The van der Waals surface area contributed by atoms with Crippen LogP contribution in [0.2, 0.25) is 0 Å². The maximum atomic E-state index is 12.7. The van der Waals surface area contributed by atoms with Crippen molar-refractivity contribution in [2.45, 2.75) is 37.6 Å². The number of likely N-dealkylation sites (tertiary alicyclic amines) is 1. The topological polar surface area (TPSA) is 108 Å². The minimum absolute atomic E-state index is 0.172. The molecule has 4 heterocycles. The standard InChI is InChI=1S/C22H24N8O2/c1-23-17-9-25-20-16(5-6-24-20)18(17)29(2)15-7-13-10-30(11-14(13)8-15)22(31)27-21-26-19(28-32-21)12-3-4-12/h5-6,9,12-15H,3-4,7-8,10-11H2,2H3,(H,24,25)(H,26,27,28,31)/t13-,14+,15?. The second-order valence-corrected chi connectivity index (χ2v) is 9.17. The lowest BCUT2D eigenvalue weighted by Gasteiger charge is -2.30. The molecule has 0 aromatic carbocycles. The molecule has 3 aliphatic rings. The van der Waals surface area contributed by atoms with Gasteiger partial charge in [0.1, 0.15) is 5.65 Å². The molecule has 2 amide bonds. The largest absolute Gasteiger partial charge is 0.380 e. The highest BCUT2D eigenvalue weighted by Crippen LogP contribution is 2.44. The molecule has 10 heteroatoms. The van der Waals surface area contributed by atoms with Crippen LogP contribution in [0.25, 0.3) is 15.9 Å². The SMILES string of the molecule is [C-]#[N+]c1cnc2[nH]ccc2c1N(C)C1C[C@@H]2CN(C(=O)Nc3nc(C4CC4)no3)C[C@@H]2C1. The lowest BCUT2D eigenvalue weighted by atomic mass is 10.0. The van der Waals surface area contributed by atoms with Crippen molar-refractivity contribution in [1.29, 1.82) is 0 Å². The molecule has 164 valence electrons. The Hall–Kier alpha value is -3.61. The third-order valence-electron chi connectivity index (χ3n) is 7.17. The van der Waals surface area contributed by atoms with Gasteiger partial charge in [-0.2, -0.15) is 4.98 Å². The highest BCUT2D eigenvalue weighted by atomic mass is 16.5. The van der Waals surface area contributed by atoms with Crippen molar-refractivity contribution in [2.24, 2.45) is 11.8 Å². The number of H-pyrrole nitrogens is 1. The summed E-state index contributed by atoms with van der Waals surface area (Å²) in [7, 11) is 2.07. The fraction of sp³-hybridized carbons (Fsp3) is 0.500. The van der Waals surface area contributed by atoms with Crippen molar-refractivity contribution < 1.29 is 9.32 Å². The molecule has 32 heavy (non-hydrogen) atoms. The van der Waals surface area contributed by atoms with Crippen LogP contribution in [-0.4, -0.2) is 57.2 Å². The molecule has 3 aromatic rings. The van der Waals surface area contributed by atoms with Crippen LogP contribution < -0.4 is 10.2 Å². The number of hydrogen-bond acceptors (Lipinski definition) is 6. The zero-order chi connectivity index (χ0) is 21.8. The zero-order valence-electron chi connectivity index (χ0n) is 17.8. The molecule has 1 aliphatic heterocycles. The van der Waals surface area contributed by atoms with Crippen LogP contribution in [0.1, 0.15) is 37.4 Å². The average Bonchev–Trinajstić information content (AvgIpc) is 3.17. The number of pyridine rings is 1. The normalized spacial score (nSPS) is 24.5. The van der Waals surface area contributed by atoms with E-state index in [1.54, 1.807) is 6.20 Å². The Labute approximate surface area is 184 Å². The third-order valence-corrected chi connectivity index (χ3v) is 7.17. The Bertz CT molecular complexity index is 1210. The summed E-state index contributed by atoms with van der Waals surface area (Å²) in [6, 6.07) is 2.32. The number of fused-ring (bicyclic) bond motifs is 2. The number of aromatic nitrogens is 4. The van der Waals surface area contributed by atoms with Crippen LogP contribution >= 0.6 is 0 Å². The molecule has 3 atom stereocenters. The highest BCUT2D eigenvalue weighted by Gasteiger charge is 2.44. The molecule has 2 saturated carbocycles. The van der Waals surface area contributed by atoms with E-state index < -0.39 is 0 Å². The van der Waals surface area contributed by atoms with E-state index in [4.69, 9.17) is 11.1 Å². The summed E-state index contributed by atoms with van der Waals surface area (Å²) in [6.07, 6.45) is 7.66. The number of rotatable bonds is 4. The molecular formula is C22H24N8O2. The molecule has 0 radical (unpaired) electrons. The van der Waals surface area contributed by atoms with Crippen LogP contribution in [0.4, 0.5) is 22.2 Å². The summed E-state index contributed by atoms with van der Waals surface area (Å²) in [5, 5.41) is 7.69. The molecule has 10 nitrogen and oxygen atoms in total. The number of nitrogens with zero attached hydrogens (tertiary/aromatic N) is 6. The summed E-state index contributed by atoms with van der Waals surface area (Å²) in [5.74, 6) is 1.97. The Morgan fingerprint density at radius 1 is 1.34 bits per heavy atom.